The van der Waals surface area contributed by atoms with Crippen LogP contribution < -0.4 is 5.32 Å². The van der Waals surface area contributed by atoms with Gasteiger partial charge in [0.25, 0.3) is 0 Å². The number of ether oxygens (including phenoxy) is 1. The fraction of sp³-hybridized carbons (Fsp3) is 0.471. The van der Waals surface area contributed by atoms with E-state index < -0.39 is 11.7 Å². The second kappa shape index (κ2) is 7.13. The second-order valence-electron chi connectivity index (χ2n) is 5.70. The number of carbonyl (C=O) groups is 1. The van der Waals surface area contributed by atoms with E-state index >= 15 is 0 Å². The van der Waals surface area contributed by atoms with Gasteiger partial charge in [0, 0.05) is 5.69 Å². The summed E-state index contributed by atoms with van der Waals surface area (Å²) in [5.74, 6) is 0. The Balaban J connectivity index is 2.72. The van der Waals surface area contributed by atoms with Crippen LogP contribution in [-0.4, -0.2) is 11.7 Å². The lowest BCUT2D eigenvalue weighted by Gasteiger charge is -2.19. The van der Waals surface area contributed by atoms with Gasteiger partial charge in [0.1, 0.15) is 5.60 Å². The van der Waals surface area contributed by atoms with Gasteiger partial charge in [0.2, 0.25) is 0 Å². The van der Waals surface area contributed by atoms with Crippen LogP contribution in [0.15, 0.2) is 30.3 Å². The Morgan fingerprint density at radius 3 is 2.25 bits per heavy atom. The molecule has 0 heterocycles. The van der Waals surface area contributed by atoms with Crippen LogP contribution in [0.5, 0.6) is 0 Å². The molecule has 1 rings (SSSR count). The topological polar surface area (TPSA) is 38.3 Å². The molecular weight excluding hydrogens is 250 g/mol. The Morgan fingerprint density at radius 1 is 1.20 bits per heavy atom. The van der Waals surface area contributed by atoms with Crippen molar-refractivity contribution in [3.8, 4) is 0 Å². The average Bonchev–Trinajstić information content (AvgIpc) is 2.34. The third-order valence-corrected chi connectivity index (χ3v) is 2.73. The first-order chi connectivity index (χ1) is 9.35. The first-order valence-electron chi connectivity index (χ1n) is 7.15. The van der Waals surface area contributed by atoms with Crippen molar-refractivity contribution in [2.45, 2.75) is 53.1 Å². The zero-order valence-corrected chi connectivity index (χ0v) is 13.1. The van der Waals surface area contributed by atoms with Crippen LogP contribution in [0.2, 0.25) is 0 Å². The minimum Gasteiger partial charge on any atom is -0.444 e. The van der Waals surface area contributed by atoms with Gasteiger partial charge in [0.05, 0.1) is 0 Å². The molecule has 0 radical (unpaired) electrons. The quantitative estimate of drug-likeness (QED) is 0.816. The fourth-order valence-electron chi connectivity index (χ4n) is 1.90. The SMILES string of the molecule is CC/C=C(\CC)c1ccc(NC(=O)OC(C)(C)C)cc1. The minimum absolute atomic E-state index is 0.426. The normalized spacial score (nSPS) is 12.2. The lowest BCUT2D eigenvalue weighted by molar-refractivity contribution is 0.0636. The van der Waals surface area contributed by atoms with E-state index in [2.05, 4.69) is 25.2 Å². The number of hydrogen-bond donors (Lipinski definition) is 1. The highest BCUT2D eigenvalue weighted by Gasteiger charge is 2.16. The van der Waals surface area contributed by atoms with Gasteiger partial charge in [-0.2, -0.15) is 0 Å². The summed E-state index contributed by atoms with van der Waals surface area (Å²) in [7, 11) is 0. The molecule has 0 aliphatic carbocycles. The second-order valence-corrected chi connectivity index (χ2v) is 5.70. The van der Waals surface area contributed by atoms with E-state index in [0.29, 0.717) is 0 Å². The molecule has 20 heavy (non-hydrogen) atoms. The van der Waals surface area contributed by atoms with Crippen LogP contribution in [0.4, 0.5) is 10.5 Å². The van der Waals surface area contributed by atoms with Crippen molar-refractivity contribution in [2.24, 2.45) is 0 Å². The van der Waals surface area contributed by atoms with Crippen molar-refractivity contribution in [3.05, 3.63) is 35.9 Å². The maximum atomic E-state index is 11.7. The van der Waals surface area contributed by atoms with Crippen molar-refractivity contribution >= 4 is 17.4 Å². The number of carbonyl (C=O) groups excluding carboxylic acids is 1. The summed E-state index contributed by atoms with van der Waals surface area (Å²) >= 11 is 0. The van der Waals surface area contributed by atoms with E-state index in [1.165, 1.54) is 11.1 Å². The molecule has 0 bridgehead atoms. The molecule has 0 atom stereocenters. The molecule has 0 aliphatic heterocycles. The van der Waals surface area contributed by atoms with Crippen molar-refractivity contribution < 1.29 is 9.53 Å². The summed E-state index contributed by atoms with van der Waals surface area (Å²) in [6, 6.07) is 7.85. The number of nitrogens with one attached hydrogen (secondary N) is 1. The van der Waals surface area contributed by atoms with Crippen LogP contribution in [0, 0.1) is 0 Å². The van der Waals surface area contributed by atoms with Gasteiger partial charge in [-0.25, -0.2) is 4.79 Å². The van der Waals surface area contributed by atoms with E-state index in [1.54, 1.807) is 0 Å². The first kappa shape index (κ1) is 16.3. The molecule has 0 fully saturated rings. The Kier molecular flexibility index (Phi) is 5.81. The molecule has 3 nitrogen and oxygen atoms in total. The fourth-order valence-corrected chi connectivity index (χ4v) is 1.90. The Bertz CT molecular complexity index is 467. The van der Waals surface area contributed by atoms with Crippen LogP contribution in [0.3, 0.4) is 0 Å². The third kappa shape index (κ3) is 5.47. The molecule has 0 spiro atoms. The predicted molar refractivity (Wildman–Crippen MR) is 84.9 cm³/mol. The molecule has 110 valence electrons. The van der Waals surface area contributed by atoms with Crippen LogP contribution in [0.1, 0.15) is 53.0 Å². The molecule has 1 aromatic rings. The van der Waals surface area contributed by atoms with Crippen LogP contribution >= 0.6 is 0 Å². The Hall–Kier alpha value is -1.77. The highest BCUT2D eigenvalue weighted by atomic mass is 16.6. The number of allylic oxidation sites excluding steroid dienone is 2. The number of amides is 1. The largest absolute Gasteiger partial charge is 0.444 e. The Morgan fingerprint density at radius 2 is 1.80 bits per heavy atom. The summed E-state index contributed by atoms with van der Waals surface area (Å²) in [6.07, 6.45) is 3.84. The molecule has 0 saturated heterocycles. The molecule has 1 N–H and O–H groups in total. The zero-order valence-electron chi connectivity index (χ0n) is 13.1. The van der Waals surface area contributed by atoms with Gasteiger partial charge in [-0.05, 0) is 56.9 Å². The van der Waals surface area contributed by atoms with E-state index in [0.717, 1.165) is 18.5 Å². The highest BCUT2D eigenvalue weighted by Crippen LogP contribution is 2.21. The summed E-state index contributed by atoms with van der Waals surface area (Å²) in [5, 5.41) is 2.73. The van der Waals surface area contributed by atoms with Gasteiger partial charge < -0.3 is 4.74 Å². The summed E-state index contributed by atoms with van der Waals surface area (Å²) in [4.78, 5) is 11.7. The number of benzene rings is 1. The number of hydrogen-bond acceptors (Lipinski definition) is 2. The number of rotatable bonds is 4. The highest BCUT2D eigenvalue weighted by molar-refractivity contribution is 5.85. The van der Waals surface area contributed by atoms with E-state index in [4.69, 9.17) is 4.74 Å². The lowest BCUT2D eigenvalue weighted by atomic mass is 10.0. The zero-order chi connectivity index (χ0) is 15.2. The number of anilines is 1. The van der Waals surface area contributed by atoms with Gasteiger partial charge in [0.15, 0.2) is 0 Å². The molecule has 0 saturated carbocycles. The van der Waals surface area contributed by atoms with Crippen LogP contribution in [0.25, 0.3) is 5.57 Å². The summed E-state index contributed by atoms with van der Waals surface area (Å²) in [5.41, 5.74) is 2.79. The van der Waals surface area contributed by atoms with Crippen molar-refractivity contribution in [1.82, 2.24) is 0 Å². The minimum atomic E-state index is -0.483. The van der Waals surface area contributed by atoms with Gasteiger partial charge in [-0.3, -0.25) is 5.32 Å². The average molecular weight is 275 g/mol. The van der Waals surface area contributed by atoms with Gasteiger partial charge >= 0.3 is 6.09 Å². The first-order valence-corrected chi connectivity index (χ1v) is 7.15. The monoisotopic (exact) mass is 275 g/mol. The van der Waals surface area contributed by atoms with Crippen molar-refractivity contribution in [2.75, 3.05) is 5.32 Å². The van der Waals surface area contributed by atoms with Crippen molar-refractivity contribution in [1.29, 1.82) is 0 Å². The standard InChI is InChI=1S/C17H25NO2/c1-6-8-13(7-2)14-9-11-15(12-10-14)18-16(19)20-17(3,4)5/h8-12H,6-7H2,1-5H3,(H,18,19)/b13-8+. The lowest BCUT2D eigenvalue weighted by Crippen LogP contribution is -2.27. The summed E-state index contributed by atoms with van der Waals surface area (Å²) < 4.78 is 5.22. The van der Waals surface area contributed by atoms with Gasteiger partial charge in [-0.15, -0.1) is 0 Å². The third-order valence-electron chi connectivity index (χ3n) is 2.73. The maximum absolute atomic E-state index is 11.7. The molecule has 0 unspecified atom stereocenters. The van der Waals surface area contributed by atoms with E-state index in [9.17, 15) is 4.79 Å². The predicted octanol–water partition coefficient (Wildman–Crippen LogP) is 5.24. The Labute approximate surface area is 122 Å². The molecule has 1 aromatic carbocycles. The molecule has 0 aromatic heterocycles. The molecule has 0 aliphatic rings. The molecule has 3 heteroatoms. The van der Waals surface area contributed by atoms with E-state index in [1.807, 2.05) is 45.0 Å². The van der Waals surface area contributed by atoms with Crippen LogP contribution in [-0.2, 0) is 4.74 Å². The summed E-state index contributed by atoms with van der Waals surface area (Å²) in [6.45, 7) is 9.82. The molecule has 1 amide bonds. The molecular formula is C17H25NO2. The smallest absolute Gasteiger partial charge is 0.412 e. The van der Waals surface area contributed by atoms with Gasteiger partial charge in [-0.1, -0.05) is 32.1 Å². The van der Waals surface area contributed by atoms with E-state index in [-0.39, 0.29) is 0 Å². The maximum Gasteiger partial charge on any atom is 0.412 e. The van der Waals surface area contributed by atoms with Crippen molar-refractivity contribution in [3.63, 3.8) is 0 Å².